The third-order valence-electron chi connectivity index (χ3n) is 3.16. The number of carbonyl (C=O) groups excluding carboxylic acids is 2. The molecule has 0 unspecified atom stereocenters. The van der Waals surface area contributed by atoms with Crippen molar-refractivity contribution >= 4 is 11.7 Å². The van der Waals surface area contributed by atoms with Crippen molar-refractivity contribution in [3.63, 3.8) is 0 Å². The van der Waals surface area contributed by atoms with Gasteiger partial charge in [0.15, 0.2) is 0 Å². The number of primary amides is 1. The van der Waals surface area contributed by atoms with Gasteiger partial charge in [-0.15, -0.1) is 0 Å². The molecule has 0 radical (unpaired) electrons. The Morgan fingerprint density at radius 1 is 1.57 bits per heavy atom. The van der Waals surface area contributed by atoms with Crippen LogP contribution < -0.4 is 5.73 Å². The van der Waals surface area contributed by atoms with Crippen LogP contribution in [0.2, 0.25) is 0 Å². The fourth-order valence-electron chi connectivity index (χ4n) is 1.99. The minimum absolute atomic E-state index is 0.132. The molecule has 0 heterocycles. The first-order valence-corrected chi connectivity index (χ1v) is 4.91. The molecular weight excluding hydrogens is 178 g/mol. The van der Waals surface area contributed by atoms with Crippen molar-refractivity contribution < 1.29 is 9.59 Å². The van der Waals surface area contributed by atoms with E-state index in [0.29, 0.717) is 12.8 Å². The first-order chi connectivity index (χ1) is 6.43. The van der Waals surface area contributed by atoms with Crippen molar-refractivity contribution in [2.45, 2.75) is 26.7 Å². The van der Waals surface area contributed by atoms with Crippen LogP contribution in [0.3, 0.4) is 0 Å². The zero-order valence-electron chi connectivity index (χ0n) is 8.75. The van der Waals surface area contributed by atoms with E-state index in [2.05, 4.69) is 6.58 Å². The SMILES string of the molecule is C=C(C)[C@H]1CC(=O)[C@@H](C)[C@@H](C(N)=O)C1. The van der Waals surface area contributed by atoms with Gasteiger partial charge in [-0.05, 0) is 19.3 Å². The Bertz CT molecular complexity index is 283. The van der Waals surface area contributed by atoms with E-state index >= 15 is 0 Å². The summed E-state index contributed by atoms with van der Waals surface area (Å²) < 4.78 is 0. The highest BCUT2D eigenvalue weighted by atomic mass is 16.1. The van der Waals surface area contributed by atoms with Crippen molar-refractivity contribution in [2.24, 2.45) is 23.5 Å². The lowest BCUT2D eigenvalue weighted by Gasteiger charge is -2.31. The fourth-order valence-corrected chi connectivity index (χ4v) is 1.99. The summed E-state index contributed by atoms with van der Waals surface area (Å²) in [5.41, 5.74) is 6.23. The second kappa shape index (κ2) is 3.95. The lowest BCUT2D eigenvalue weighted by Crippen LogP contribution is -2.39. The zero-order valence-corrected chi connectivity index (χ0v) is 8.75. The van der Waals surface area contributed by atoms with Gasteiger partial charge in [-0.2, -0.15) is 0 Å². The highest BCUT2D eigenvalue weighted by Gasteiger charge is 2.36. The average molecular weight is 195 g/mol. The van der Waals surface area contributed by atoms with E-state index in [0.717, 1.165) is 5.57 Å². The Labute approximate surface area is 84.4 Å². The van der Waals surface area contributed by atoms with Crippen molar-refractivity contribution in [3.05, 3.63) is 12.2 Å². The maximum absolute atomic E-state index is 11.6. The van der Waals surface area contributed by atoms with E-state index in [4.69, 9.17) is 5.73 Å². The molecule has 1 amide bonds. The van der Waals surface area contributed by atoms with Crippen LogP contribution in [-0.4, -0.2) is 11.7 Å². The van der Waals surface area contributed by atoms with Gasteiger partial charge in [-0.1, -0.05) is 19.1 Å². The Morgan fingerprint density at radius 2 is 2.14 bits per heavy atom. The van der Waals surface area contributed by atoms with Gasteiger partial charge in [-0.25, -0.2) is 0 Å². The summed E-state index contributed by atoms with van der Waals surface area (Å²) in [7, 11) is 0. The molecule has 0 saturated heterocycles. The van der Waals surface area contributed by atoms with E-state index in [1.807, 2.05) is 6.92 Å². The minimum atomic E-state index is -0.364. The summed E-state index contributed by atoms with van der Waals surface area (Å²) in [5, 5.41) is 0. The molecule has 78 valence electrons. The highest BCUT2D eigenvalue weighted by Crippen LogP contribution is 2.34. The topological polar surface area (TPSA) is 60.2 Å². The molecule has 0 aromatic rings. The normalized spacial score (nSPS) is 32.7. The molecule has 0 aromatic carbocycles. The molecule has 2 N–H and O–H groups in total. The Balaban J connectivity index is 2.81. The number of allylic oxidation sites excluding steroid dienone is 1. The molecule has 0 spiro atoms. The van der Waals surface area contributed by atoms with Gasteiger partial charge in [0.2, 0.25) is 5.91 Å². The number of ketones is 1. The van der Waals surface area contributed by atoms with Gasteiger partial charge in [0.05, 0.1) is 0 Å². The highest BCUT2D eigenvalue weighted by molar-refractivity contribution is 5.89. The van der Waals surface area contributed by atoms with Crippen LogP contribution in [0.5, 0.6) is 0 Å². The standard InChI is InChI=1S/C11H17NO2/c1-6(2)8-4-9(11(12)14)7(3)10(13)5-8/h7-9H,1,4-5H2,2-3H3,(H2,12,14)/t7-,8+,9-/m0/s1. The minimum Gasteiger partial charge on any atom is -0.369 e. The predicted octanol–water partition coefficient (Wildman–Crippen LogP) is 1.28. The number of amides is 1. The summed E-state index contributed by atoms with van der Waals surface area (Å²) in [4.78, 5) is 22.7. The summed E-state index contributed by atoms with van der Waals surface area (Å²) in [6, 6.07) is 0. The van der Waals surface area contributed by atoms with Crippen LogP contribution >= 0.6 is 0 Å². The van der Waals surface area contributed by atoms with Crippen molar-refractivity contribution in [1.82, 2.24) is 0 Å². The van der Waals surface area contributed by atoms with E-state index in [1.165, 1.54) is 0 Å². The van der Waals surface area contributed by atoms with Crippen molar-refractivity contribution in [1.29, 1.82) is 0 Å². The quantitative estimate of drug-likeness (QED) is 0.675. The average Bonchev–Trinajstić information content (AvgIpc) is 2.08. The molecule has 1 saturated carbocycles. The summed E-state index contributed by atoms with van der Waals surface area (Å²) in [6.07, 6.45) is 1.19. The van der Waals surface area contributed by atoms with Gasteiger partial charge >= 0.3 is 0 Å². The summed E-state index contributed by atoms with van der Waals surface area (Å²) in [5.74, 6) is -0.623. The Morgan fingerprint density at radius 3 is 2.57 bits per heavy atom. The van der Waals surface area contributed by atoms with Crippen molar-refractivity contribution in [3.8, 4) is 0 Å². The summed E-state index contributed by atoms with van der Waals surface area (Å²) >= 11 is 0. The van der Waals surface area contributed by atoms with E-state index in [9.17, 15) is 9.59 Å². The molecule has 0 aromatic heterocycles. The number of hydrogen-bond acceptors (Lipinski definition) is 2. The molecule has 3 heteroatoms. The number of hydrogen-bond donors (Lipinski definition) is 1. The third kappa shape index (κ3) is 2.03. The second-order valence-corrected chi connectivity index (χ2v) is 4.25. The summed E-state index contributed by atoms with van der Waals surface area (Å²) in [6.45, 7) is 7.51. The van der Waals surface area contributed by atoms with Gasteiger partial charge in [0.25, 0.3) is 0 Å². The maximum Gasteiger partial charge on any atom is 0.221 e. The van der Waals surface area contributed by atoms with Crippen LogP contribution in [0.25, 0.3) is 0 Å². The largest absolute Gasteiger partial charge is 0.369 e. The predicted molar refractivity (Wildman–Crippen MR) is 54.4 cm³/mol. The molecule has 1 aliphatic rings. The van der Waals surface area contributed by atoms with Crippen LogP contribution in [0.1, 0.15) is 26.7 Å². The smallest absolute Gasteiger partial charge is 0.221 e. The van der Waals surface area contributed by atoms with Gasteiger partial charge in [0.1, 0.15) is 5.78 Å². The molecule has 0 bridgehead atoms. The monoisotopic (exact) mass is 195 g/mol. The molecule has 1 fully saturated rings. The van der Waals surface area contributed by atoms with Crippen LogP contribution in [0.15, 0.2) is 12.2 Å². The number of carbonyl (C=O) groups is 2. The van der Waals surface area contributed by atoms with Gasteiger partial charge in [-0.3, -0.25) is 9.59 Å². The third-order valence-corrected chi connectivity index (χ3v) is 3.16. The van der Waals surface area contributed by atoms with Crippen molar-refractivity contribution in [2.75, 3.05) is 0 Å². The molecule has 14 heavy (non-hydrogen) atoms. The lowest BCUT2D eigenvalue weighted by molar-refractivity contribution is -0.135. The molecule has 3 nitrogen and oxygen atoms in total. The van der Waals surface area contributed by atoms with E-state index in [1.54, 1.807) is 6.92 Å². The molecular formula is C11H17NO2. The first-order valence-electron chi connectivity index (χ1n) is 4.91. The van der Waals surface area contributed by atoms with Gasteiger partial charge in [0, 0.05) is 18.3 Å². The van der Waals surface area contributed by atoms with E-state index in [-0.39, 0.29) is 29.4 Å². The van der Waals surface area contributed by atoms with E-state index < -0.39 is 0 Å². The Kier molecular flexibility index (Phi) is 3.09. The second-order valence-electron chi connectivity index (χ2n) is 4.25. The fraction of sp³-hybridized carbons (Fsp3) is 0.636. The number of nitrogens with two attached hydrogens (primary N) is 1. The lowest BCUT2D eigenvalue weighted by atomic mass is 9.72. The first kappa shape index (κ1) is 11.0. The van der Waals surface area contributed by atoms with Crippen LogP contribution in [-0.2, 0) is 9.59 Å². The van der Waals surface area contributed by atoms with Gasteiger partial charge < -0.3 is 5.73 Å². The number of Topliss-reactive ketones (excluding diaryl/α,β-unsaturated/α-hetero) is 1. The molecule has 1 aliphatic carbocycles. The Hall–Kier alpha value is -1.12. The maximum atomic E-state index is 11.6. The molecule has 0 aliphatic heterocycles. The van der Waals surface area contributed by atoms with Crippen LogP contribution in [0, 0.1) is 17.8 Å². The van der Waals surface area contributed by atoms with Crippen LogP contribution in [0.4, 0.5) is 0 Å². The number of rotatable bonds is 2. The zero-order chi connectivity index (χ0) is 10.9. The molecule has 1 rings (SSSR count). The molecule has 3 atom stereocenters.